The molecule has 13 heteroatoms. The van der Waals surface area contributed by atoms with E-state index in [1.165, 1.54) is 7.11 Å². The van der Waals surface area contributed by atoms with Gasteiger partial charge in [-0.15, -0.1) is 10.2 Å². The van der Waals surface area contributed by atoms with E-state index in [9.17, 15) is 13.2 Å². The molecule has 0 unspecified atom stereocenters. The number of alkyl halides is 3. The van der Waals surface area contributed by atoms with Crippen molar-refractivity contribution in [3.8, 4) is 17.1 Å². The second kappa shape index (κ2) is 9.14. The number of hydrogen-bond acceptors (Lipinski definition) is 9. The standard InChI is InChI=1S/C18H19F3N6O3S/c1-28-13-5-3-2-4-12(13)15-22-14(30-25-15)10-31-17-24-23-16(26-6-8-29-9-7-26)27(17)11-18(19,20)21/h2-5H,6-11H2,1H3. The molecule has 0 bridgehead atoms. The van der Waals surface area contributed by atoms with Crippen LogP contribution in [0.15, 0.2) is 33.9 Å². The molecule has 0 radical (unpaired) electrons. The summed E-state index contributed by atoms with van der Waals surface area (Å²) in [6.07, 6.45) is -4.42. The van der Waals surface area contributed by atoms with Crippen molar-refractivity contribution in [1.29, 1.82) is 0 Å². The Labute approximate surface area is 179 Å². The summed E-state index contributed by atoms with van der Waals surface area (Å²) < 4.78 is 56.5. The van der Waals surface area contributed by atoms with E-state index >= 15 is 0 Å². The fourth-order valence-corrected chi connectivity index (χ4v) is 3.85. The highest BCUT2D eigenvalue weighted by molar-refractivity contribution is 7.98. The zero-order valence-electron chi connectivity index (χ0n) is 16.5. The molecule has 0 N–H and O–H groups in total. The quantitative estimate of drug-likeness (QED) is 0.498. The monoisotopic (exact) mass is 456 g/mol. The molecule has 166 valence electrons. The number of anilines is 1. The first-order valence-electron chi connectivity index (χ1n) is 9.36. The molecule has 1 aromatic carbocycles. The summed E-state index contributed by atoms with van der Waals surface area (Å²) in [4.78, 5) is 6.05. The van der Waals surface area contributed by atoms with Crippen LogP contribution in [-0.4, -0.2) is 64.5 Å². The van der Waals surface area contributed by atoms with Crippen molar-refractivity contribution in [2.75, 3.05) is 38.3 Å². The first-order chi connectivity index (χ1) is 14.9. The van der Waals surface area contributed by atoms with Crippen LogP contribution >= 0.6 is 11.8 Å². The van der Waals surface area contributed by atoms with E-state index in [0.717, 1.165) is 16.3 Å². The van der Waals surface area contributed by atoms with E-state index in [1.807, 2.05) is 12.1 Å². The Kier molecular flexibility index (Phi) is 6.32. The smallest absolute Gasteiger partial charge is 0.406 e. The zero-order valence-corrected chi connectivity index (χ0v) is 17.3. The van der Waals surface area contributed by atoms with Crippen LogP contribution < -0.4 is 9.64 Å². The second-order valence-corrected chi connectivity index (χ2v) is 7.53. The van der Waals surface area contributed by atoms with E-state index in [1.54, 1.807) is 17.0 Å². The fraction of sp³-hybridized carbons (Fsp3) is 0.444. The summed E-state index contributed by atoms with van der Waals surface area (Å²) in [6.45, 7) is 0.564. The molecular weight excluding hydrogens is 437 g/mol. The maximum absolute atomic E-state index is 13.2. The van der Waals surface area contributed by atoms with Crippen LogP contribution in [0.5, 0.6) is 5.75 Å². The minimum atomic E-state index is -4.42. The summed E-state index contributed by atoms with van der Waals surface area (Å²) in [7, 11) is 1.54. The molecule has 0 spiro atoms. The number of thioether (sulfide) groups is 1. The van der Waals surface area contributed by atoms with Crippen LogP contribution in [0.4, 0.5) is 19.1 Å². The lowest BCUT2D eigenvalue weighted by atomic mass is 10.2. The average Bonchev–Trinajstić information content (AvgIpc) is 3.39. The van der Waals surface area contributed by atoms with Crippen LogP contribution in [0.2, 0.25) is 0 Å². The Morgan fingerprint density at radius 3 is 2.68 bits per heavy atom. The molecule has 1 saturated heterocycles. The van der Waals surface area contributed by atoms with Crippen molar-refractivity contribution < 1.29 is 27.2 Å². The molecular formula is C18H19F3N6O3S. The molecule has 4 rings (SSSR count). The van der Waals surface area contributed by atoms with Crippen molar-refractivity contribution in [1.82, 2.24) is 24.9 Å². The largest absolute Gasteiger partial charge is 0.496 e. The van der Waals surface area contributed by atoms with Gasteiger partial charge in [-0.05, 0) is 12.1 Å². The van der Waals surface area contributed by atoms with Crippen molar-refractivity contribution in [2.45, 2.75) is 23.6 Å². The van der Waals surface area contributed by atoms with Gasteiger partial charge in [-0.2, -0.15) is 18.2 Å². The summed E-state index contributed by atoms with van der Waals surface area (Å²) in [5.74, 6) is 1.48. The van der Waals surface area contributed by atoms with Gasteiger partial charge in [0.25, 0.3) is 0 Å². The molecule has 3 heterocycles. The number of ether oxygens (including phenoxy) is 2. The number of benzene rings is 1. The predicted octanol–water partition coefficient (Wildman–Crippen LogP) is 3.03. The van der Waals surface area contributed by atoms with Crippen LogP contribution in [0.25, 0.3) is 11.4 Å². The van der Waals surface area contributed by atoms with E-state index < -0.39 is 12.7 Å². The fourth-order valence-electron chi connectivity index (χ4n) is 3.08. The van der Waals surface area contributed by atoms with Crippen molar-refractivity contribution in [3.63, 3.8) is 0 Å². The number of morpholine rings is 1. The Balaban J connectivity index is 1.52. The minimum absolute atomic E-state index is 0.121. The van der Waals surface area contributed by atoms with Crippen molar-refractivity contribution >= 4 is 17.7 Å². The third kappa shape index (κ3) is 5.10. The maximum atomic E-state index is 13.2. The highest BCUT2D eigenvalue weighted by atomic mass is 32.2. The molecule has 2 aromatic heterocycles. The first kappa shape index (κ1) is 21.4. The highest BCUT2D eigenvalue weighted by Gasteiger charge is 2.33. The van der Waals surface area contributed by atoms with Crippen molar-refractivity contribution in [2.24, 2.45) is 0 Å². The van der Waals surface area contributed by atoms with Gasteiger partial charge in [0.1, 0.15) is 12.3 Å². The van der Waals surface area contributed by atoms with Gasteiger partial charge in [0.15, 0.2) is 5.16 Å². The zero-order chi connectivity index (χ0) is 21.8. The lowest BCUT2D eigenvalue weighted by Crippen LogP contribution is -2.38. The van der Waals surface area contributed by atoms with E-state index in [-0.39, 0.29) is 22.7 Å². The number of rotatable bonds is 7. The molecule has 0 atom stereocenters. The average molecular weight is 456 g/mol. The molecule has 1 fully saturated rings. The SMILES string of the molecule is COc1ccccc1-c1noc(CSc2nnc(N3CCOCC3)n2CC(F)(F)F)n1. The van der Waals surface area contributed by atoms with Crippen LogP contribution in [0.1, 0.15) is 5.89 Å². The summed E-state index contributed by atoms with van der Waals surface area (Å²) >= 11 is 1.05. The second-order valence-electron chi connectivity index (χ2n) is 6.58. The summed E-state index contributed by atoms with van der Waals surface area (Å²) in [6, 6.07) is 7.19. The van der Waals surface area contributed by atoms with Gasteiger partial charge in [0.2, 0.25) is 17.7 Å². The Morgan fingerprint density at radius 1 is 1.16 bits per heavy atom. The minimum Gasteiger partial charge on any atom is -0.496 e. The lowest BCUT2D eigenvalue weighted by molar-refractivity contribution is -0.141. The van der Waals surface area contributed by atoms with Gasteiger partial charge >= 0.3 is 6.18 Å². The molecule has 9 nitrogen and oxygen atoms in total. The highest BCUT2D eigenvalue weighted by Crippen LogP contribution is 2.31. The molecule has 0 aliphatic carbocycles. The molecule has 0 amide bonds. The first-order valence-corrected chi connectivity index (χ1v) is 10.3. The Morgan fingerprint density at radius 2 is 1.94 bits per heavy atom. The molecule has 1 aliphatic heterocycles. The van der Waals surface area contributed by atoms with Crippen molar-refractivity contribution in [3.05, 3.63) is 30.2 Å². The molecule has 0 saturated carbocycles. The van der Waals surface area contributed by atoms with E-state index in [2.05, 4.69) is 20.3 Å². The van der Waals surface area contributed by atoms with Gasteiger partial charge in [-0.25, -0.2) is 0 Å². The predicted molar refractivity (Wildman–Crippen MR) is 105 cm³/mol. The van der Waals surface area contributed by atoms with Gasteiger partial charge in [0.05, 0.1) is 31.6 Å². The van der Waals surface area contributed by atoms with E-state index in [0.29, 0.717) is 43.4 Å². The number of para-hydroxylation sites is 1. The number of halogens is 3. The lowest BCUT2D eigenvalue weighted by Gasteiger charge is -2.28. The van der Waals surface area contributed by atoms with Gasteiger partial charge in [-0.3, -0.25) is 4.57 Å². The van der Waals surface area contributed by atoms with E-state index in [4.69, 9.17) is 14.0 Å². The van der Waals surface area contributed by atoms with Gasteiger partial charge in [0, 0.05) is 13.1 Å². The van der Waals surface area contributed by atoms with Gasteiger partial charge < -0.3 is 18.9 Å². The summed E-state index contributed by atoms with van der Waals surface area (Å²) in [5, 5.41) is 12.0. The van der Waals surface area contributed by atoms with Crippen LogP contribution in [0, 0.1) is 0 Å². The van der Waals surface area contributed by atoms with Gasteiger partial charge in [-0.1, -0.05) is 29.1 Å². The Bertz CT molecular complexity index is 1020. The Hall–Kier alpha value is -2.80. The topological polar surface area (TPSA) is 91.3 Å². The molecule has 31 heavy (non-hydrogen) atoms. The molecule has 3 aromatic rings. The number of aromatic nitrogens is 5. The number of hydrogen-bond donors (Lipinski definition) is 0. The number of methoxy groups -OCH3 is 1. The third-order valence-corrected chi connectivity index (χ3v) is 5.42. The van der Waals surface area contributed by atoms with Crippen LogP contribution in [-0.2, 0) is 17.0 Å². The number of nitrogens with zero attached hydrogens (tertiary/aromatic N) is 6. The maximum Gasteiger partial charge on any atom is 0.406 e. The molecule has 1 aliphatic rings. The third-order valence-electron chi connectivity index (χ3n) is 4.47. The normalized spacial score (nSPS) is 14.8. The van der Waals surface area contributed by atoms with Crippen LogP contribution in [0.3, 0.4) is 0 Å². The summed E-state index contributed by atoms with van der Waals surface area (Å²) in [5.41, 5.74) is 0.653.